The molecule has 1 aliphatic rings. The lowest BCUT2D eigenvalue weighted by Gasteiger charge is -2.42. The summed E-state index contributed by atoms with van der Waals surface area (Å²) in [5.74, 6) is 0.897. The molecule has 2 unspecified atom stereocenters. The normalized spacial score (nSPS) is 28.5. The molecule has 1 rings (SSSR count). The Kier molecular flexibility index (Phi) is 5.27. The Balaban J connectivity index is 2.69. The molecule has 0 radical (unpaired) electrons. The Bertz CT molecular complexity index is 326. The number of nitrogens with one attached hydrogen (secondary N) is 1. The van der Waals surface area contributed by atoms with Gasteiger partial charge < -0.3 is 0 Å². The molecule has 2 atom stereocenters. The van der Waals surface area contributed by atoms with Gasteiger partial charge in [-0.3, -0.25) is 5.32 Å². The zero-order valence-corrected chi connectivity index (χ0v) is 10.7. The van der Waals surface area contributed by atoms with Gasteiger partial charge in [0.15, 0.2) is 0 Å². The average Bonchev–Trinajstić information content (AvgIpc) is 2.35. The highest BCUT2D eigenvalue weighted by molar-refractivity contribution is 5.13. The van der Waals surface area contributed by atoms with E-state index in [1.807, 2.05) is 0 Å². The highest BCUT2D eigenvalue weighted by Crippen LogP contribution is 2.37. The van der Waals surface area contributed by atoms with E-state index < -0.39 is 5.54 Å². The molecule has 1 saturated carbocycles. The second kappa shape index (κ2) is 6.48. The fraction of sp³-hybridized carbons (Fsp3) is 0.917. The van der Waals surface area contributed by atoms with Crippen LogP contribution in [0.4, 0.5) is 0 Å². The lowest BCUT2D eigenvalue weighted by Crippen LogP contribution is -2.54. The molecule has 1 N–H and O–H groups in total. The molecule has 0 amide bonds. The van der Waals surface area contributed by atoms with Gasteiger partial charge in [0.1, 0.15) is 5.54 Å². The summed E-state index contributed by atoms with van der Waals surface area (Å²) < 4.78 is 0. The molecule has 0 heterocycles. The summed E-state index contributed by atoms with van der Waals surface area (Å²) in [6.07, 6.45) is 4.33. The molecule has 0 bridgehead atoms. The van der Waals surface area contributed by atoms with Crippen LogP contribution in [0.25, 0.3) is 10.4 Å². The third-order valence-electron chi connectivity index (χ3n) is 3.69. The van der Waals surface area contributed by atoms with Crippen molar-refractivity contribution in [1.82, 2.24) is 5.32 Å². The third-order valence-corrected chi connectivity index (χ3v) is 3.69. The van der Waals surface area contributed by atoms with Gasteiger partial charge in [0, 0.05) is 18.0 Å². The zero-order valence-electron chi connectivity index (χ0n) is 10.7. The number of rotatable bonds is 5. The van der Waals surface area contributed by atoms with E-state index in [9.17, 15) is 5.26 Å². The first kappa shape index (κ1) is 13.8. The van der Waals surface area contributed by atoms with Crippen LogP contribution in [-0.4, -0.2) is 18.6 Å². The zero-order chi connectivity index (χ0) is 12.7. The predicted molar refractivity (Wildman–Crippen MR) is 67.2 cm³/mol. The minimum absolute atomic E-state index is 0.396. The lowest BCUT2D eigenvalue weighted by molar-refractivity contribution is 0.151. The van der Waals surface area contributed by atoms with Crippen LogP contribution in [0.1, 0.15) is 39.5 Å². The highest BCUT2D eigenvalue weighted by atomic mass is 15.1. The van der Waals surface area contributed by atoms with Crippen molar-refractivity contribution in [2.45, 2.75) is 45.1 Å². The highest BCUT2D eigenvalue weighted by Gasteiger charge is 2.41. The molecule has 0 aromatic carbocycles. The molecule has 0 aromatic rings. The van der Waals surface area contributed by atoms with Crippen molar-refractivity contribution in [3.8, 4) is 6.07 Å². The number of nitrogens with zero attached hydrogens (tertiary/aromatic N) is 4. The average molecular weight is 235 g/mol. The number of nitriles is 1. The minimum Gasteiger partial charge on any atom is -0.299 e. The van der Waals surface area contributed by atoms with E-state index in [1.54, 1.807) is 0 Å². The first-order valence-electron chi connectivity index (χ1n) is 6.33. The van der Waals surface area contributed by atoms with Crippen LogP contribution in [0.5, 0.6) is 0 Å². The molecule has 5 nitrogen and oxygen atoms in total. The van der Waals surface area contributed by atoms with Gasteiger partial charge in [-0.15, -0.1) is 0 Å². The Hall–Kier alpha value is -1.24. The van der Waals surface area contributed by atoms with Crippen molar-refractivity contribution in [2.75, 3.05) is 13.1 Å². The Morgan fingerprint density at radius 3 is 2.94 bits per heavy atom. The molecule has 0 aliphatic heterocycles. The van der Waals surface area contributed by atoms with Crippen molar-refractivity contribution in [2.24, 2.45) is 17.0 Å². The van der Waals surface area contributed by atoms with E-state index in [4.69, 9.17) is 5.53 Å². The van der Waals surface area contributed by atoms with E-state index in [0.29, 0.717) is 24.9 Å². The first-order valence-corrected chi connectivity index (χ1v) is 6.33. The Labute approximate surface area is 103 Å². The maximum atomic E-state index is 9.50. The molecule has 17 heavy (non-hydrogen) atoms. The third kappa shape index (κ3) is 3.36. The van der Waals surface area contributed by atoms with Gasteiger partial charge in [0.05, 0.1) is 6.07 Å². The van der Waals surface area contributed by atoms with Crippen molar-refractivity contribution in [1.29, 1.82) is 5.26 Å². The summed E-state index contributed by atoms with van der Waals surface area (Å²) in [6, 6.07) is 2.48. The van der Waals surface area contributed by atoms with Crippen molar-refractivity contribution < 1.29 is 0 Å². The largest absolute Gasteiger partial charge is 0.299 e. The Morgan fingerprint density at radius 2 is 2.35 bits per heavy atom. The van der Waals surface area contributed by atoms with Gasteiger partial charge in [-0.05, 0) is 30.2 Å². The quantitative estimate of drug-likeness (QED) is 0.344. The second-order valence-corrected chi connectivity index (χ2v) is 5.06. The summed E-state index contributed by atoms with van der Waals surface area (Å²) in [5.41, 5.74) is 7.81. The van der Waals surface area contributed by atoms with E-state index >= 15 is 0 Å². The smallest absolute Gasteiger partial charge is 0.109 e. The van der Waals surface area contributed by atoms with Gasteiger partial charge in [-0.2, -0.15) is 5.26 Å². The maximum absolute atomic E-state index is 9.50. The number of hydrogen-bond donors (Lipinski definition) is 1. The van der Waals surface area contributed by atoms with Crippen LogP contribution in [0.3, 0.4) is 0 Å². The Morgan fingerprint density at radius 1 is 1.59 bits per heavy atom. The molecule has 0 saturated heterocycles. The predicted octanol–water partition coefficient (Wildman–Crippen LogP) is 2.99. The second-order valence-electron chi connectivity index (χ2n) is 5.06. The van der Waals surface area contributed by atoms with Crippen LogP contribution in [-0.2, 0) is 0 Å². The standard InChI is InChI=1S/C12H21N5/c1-10(2)11-5-3-4-6-12(11,9-13)15-7-8-16-17-14/h10-11,15H,3-8H2,1-2H3. The summed E-state index contributed by atoms with van der Waals surface area (Å²) in [6.45, 7) is 5.35. The van der Waals surface area contributed by atoms with Crippen LogP contribution in [0.2, 0.25) is 0 Å². The van der Waals surface area contributed by atoms with Crippen molar-refractivity contribution in [3.05, 3.63) is 10.4 Å². The van der Waals surface area contributed by atoms with Crippen molar-refractivity contribution in [3.63, 3.8) is 0 Å². The molecular weight excluding hydrogens is 214 g/mol. The summed E-state index contributed by atoms with van der Waals surface area (Å²) in [5, 5.41) is 16.3. The molecule has 5 heteroatoms. The SMILES string of the molecule is CC(C)C1CCCCC1(C#N)NCCN=[N+]=[N-]. The van der Waals surface area contributed by atoms with Gasteiger partial charge >= 0.3 is 0 Å². The lowest BCUT2D eigenvalue weighted by atomic mass is 9.68. The van der Waals surface area contributed by atoms with Crippen molar-refractivity contribution >= 4 is 0 Å². The summed E-state index contributed by atoms with van der Waals surface area (Å²) >= 11 is 0. The molecule has 0 aromatic heterocycles. The van der Waals surface area contributed by atoms with E-state index in [-0.39, 0.29) is 0 Å². The maximum Gasteiger partial charge on any atom is 0.109 e. The first-order chi connectivity index (χ1) is 8.16. The van der Waals surface area contributed by atoms with E-state index in [2.05, 4.69) is 35.3 Å². The molecular formula is C12H21N5. The fourth-order valence-electron chi connectivity index (χ4n) is 2.87. The van der Waals surface area contributed by atoms with Gasteiger partial charge in [0.25, 0.3) is 0 Å². The monoisotopic (exact) mass is 235 g/mol. The summed E-state index contributed by atoms with van der Waals surface area (Å²) in [4.78, 5) is 2.72. The van der Waals surface area contributed by atoms with Crippen LogP contribution in [0, 0.1) is 23.2 Å². The number of azide groups is 1. The van der Waals surface area contributed by atoms with Gasteiger partial charge in [-0.1, -0.05) is 31.8 Å². The molecule has 1 fully saturated rings. The van der Waals surface area contributed by atoms with Crippen LogP contribution < -0.4 is 5.32 Å². The molecule has 1 aliphatic carbocycles. The van der Waals surface area contributed by atoms with Crippen LogP contribution in [0.15, 0.2) is 5.11 Å². The summed E-state index contributed by atoms with van der Waals surface area (Å²) in [7, 11) is 0. The van der Waals surface area contributed by atoms with E-state index in [0.717, 1.165) is 19.3 Å². The van der Waals surface area contributed by atoms with E-state index in [1.165, 1.54) is 6.42 Å². The minimum atomic E-state index is -0.419. The van der Waals surface area contributed by atoms with Crippen LogP contribution >= 0.6 is 0 Å². The van der Waals surface area contributed by atoms with Gasteiger partial charge in [-0.25, -0.2) is 0 Å². The molecule has 0 spiro atoms. The molecule has 94 valence electrons. The fourth-order valence-corrected chi connectivity index (χ4v) is 2.87. The number of hydrogen-bond acceptors (Lipinski definition) is 3. The topological polar surface area (TPSA) is 84.6 Å². The van der Waals surface area contributed by atoms with Gasteiger partial charge in [0.2, 0.25) is 0 Å².